The highest BCUT2D eigenvalue weighted by Crippen LogP contribution is 2.43. The number of rotatable bonds is 7. The Morgan fingerprint density at radius 2 is 1.79 bits per heavy atom. The Bertz CT molecular complexity index is 434. The molecule has 106 valence electrons. The van der Waals surface area contributed by atoms with Crippen molar-refractivity contribution in [3.63, 3.8) is 0 Å². The summed E-state index contributed by atoms with van der Waals surface area (Å²) in [6, 6.07) is 9.39. The van der Waals surface area contributed by atoms with Crippen molar-refractivity contribution in [2.75, 3.05) is 18.6 Å². The zero-order valence-corrected chi connectivity index (χ0v) is 12.6. The van der Waals surface area contributed by atoms with Crippen molar-refractivity contribution >= 4 is 30.8 Å². The fourth-order valence-corrected chi connectivity index (χ4v) is 2.82. The summed E-state index contributed by atoms with van der Waals surface area (Å²) in [5, 5.41) is 2.67. The van der Waals surface area contributed by atoms with Crippen molar-refractivity contribution in [1.29, 1.82) is 0 Å². The van der Waals surface area contributed by atoms with Crippen LogP contribution in [0.25, 0.3) is 0 Å². The molecule has 0 atom stereocenters. The number of hydrogen-bond donors (Lipinski definition) is 3. The summed E-state index contributed by atoms with van der Waals surface area (Å²) < 4.78 is 22.2. The summed E-state index contributed by atoms with van der Waals surface area (Å²) in [4.78, 5) is 0. The van der Waals surface area contributed by atoms with E-state index in [2.05, 4.69) is 15.9 Å². The van der Waals surface area contributed by atoms with Gasteiger partial charge in [0.15, 0.2) is 5.11 Å². The number of benzene rings is 1. The second-order valence-corrected chi connectivity index (χ2v) is 5.53. The fraction of sp³-hybridized carbons (Fsp3) is 0.364. The van der Waals surface area contributed by atoms with Crippen molar-refractivity contribution in [3.05, 3.63) is 30.3 Å². The quantitative estimate of drug-likeness (QED) is 0.406. The molecule has 0 radical (unpaired) electrons. The highest BCUT2D eigenvalue weighted by atomic mass is 32.1. The van der Waals surface area contributed by atoms with E-state index in [0.29, 0.717) is 0 Å². The van der Waals surface area contributed by atoms with Gasteiger partial charge in [-0.2, -0.15) is 0 Å². The van der Waals surface area contributed by atoms with Gasteiger partial charge in [-0.3, -0.25) is 25.0 Å². The summed E-state index contributed by atoms with van der Waals surface area (Å²) in [7, 11) is -3.39. The van der Waals surface area contributed by atoms with Crippen molar-refractivity contribution in [2.45, 2.75) is 13.8 Å². The van der Waals surface area contributed by atoms with Crippen LogP contribution in [0.4, 0.5) is 5.69 Å². The molecule has 0 aliphatic rings. The van der Waals surface area contributed by atoms with Crippen LogP contribution in [-0.2, 0) is 13.6 Å². The van der Waals surface area contributed by atoms with Gasteiger partial charge in [-0.05, 0) is 38.2 Å². The van der Waals surface area contributed by atoms with Crippen LogP contribution in [0.5, 0.6) is 0 Å². The maximum Gasteiger partial charge on any atom is 0.434 e. The SMILES string of the molecule is CCOP(=O)(NC(=S)NNc1ccccc1)OCC. The average Bonchev–Trinajstić information content (AvgIpc) is 2.38. The first-order valence-electron chi connectivity index (χ1n) is 5.88. The molecule has 0 saturated carbocycles. The predicted molar refractivity (Wildman–Crippen MR) is 79.8 cm³/mol. The summed E-state index contributed by atoms with van der Waals surface area (Å²) in [6.07, 6.45) is 0. The van der Waals surface area contributed by atoms with Crippen LogP contribution in [0.3, 0.4) is 0 Å². The van der Waals surface area contributed by atoms with Crippen molar-refractivity contribution in [3.8, 4) is 0 Å². The number of para-hydroxylation sites is 1. The lowest BCUT2D eigenvalue weighted by atomic mass is 10.3. The van der Waals surface area contributed by atoms with Gasteiger partial charge < -0.3 is 0 Å². The zero-order valence-electron chi connectivity index (χ0n) is 10.9. The lowest BCUT2D eigenvalue weighted by molar-refractivity contribution is 0.216. The highest BCUT2D eigenvalue weighted by molar-refractivity contribution is 7.81. The van der Waals surface area contributed by atoms with Crippen LogP contribution in [-0.4, -0.2) is 18.3 Å². The summed E-state index contributed by atoms with van der Waals surface area (Å²) in [5.74, 6) is 0. The molecular formula is C11H18N3O3PS. The zero-order chi connectivity index (χ0) is 14.1. The van der Waals surface area contributed by atoms with Crippen LogP contribution in [0.1, 0.15) is 13.8 Å². The highest BCUT2D eigenvalue weighted by Gasteiger charge is 2.24. The van der Waals surface area contributed by atoms with Crippen molar-refractivity contribution in [1.82, 2.24) is 10.5 Å². The topological polar surface area (TPSA) is 71.6 Å². The molecule has 1 rings (SSSR count). The second kappa shape index (κ2) is 8.12. The monoisotopic (exact) mass is 303 g/mol. The van der Waals surface area contributed by atoms with Crippen LogP contribution < -0.4 is 15.9 Å². The lowest BCUT2D eigenvalue weighted by Crippen LogP contribution is -2.37. The normalized spacial score (nSPS) is 10.8. The van der Waals surface area contributed by atoms with Crippen molar-refractivity contribution in [2.24, 2.45) is 0 Å². The molecule has 0 aromatic heterocycles. The number of thiocarbonyl (C=S) groups is 1. The minimum Gasteiger partial charge on any atom is -0.299 e. The van der Waals surface area contributed by atoms with Gasteiger partial charge >= 0.3 is 7.75 Å². The van der Waals surface area contributed by atoms with E-state index in [-0.39, 0.29) is 18.3 Å². The van der Waals surface area contributed by atoms with Gasteiger partial charge in [0.1, 0.15) is 0 Å². The third-order valence-electron chi connectivity index (χ3n) is 1.93. The second-order valence-electron chi connectivity index (χ2n) is 3.39. The Balaban J connectivity index is 2.47. The fourth-order valence-electron chi connectivity index (χ4n) is 1.24. The molecule has 8 heteroatoms. The molecule has 0 unspecified atom stereocenters. The van der Waals surface area contributed by atoms with Gasteiger partial charge in [-0.25, -0.2) is 4.57 Å². The first kappa shape index (κ1) is 15.9. The molecule has 1 aromatic rings. The van der Waals surface area contributed by atoms with Gasteiger partial charge in [0, 0.05) is 0 Å². The molecule has 0 fully saturated rings. The molecule has 6 nitrogen and oxygen atoms in total. The van der Waals surface area contributed by atoms with Gasteiger partial charge in [0.25, 0.3) is 0 Å². The van der Waals surface area contributed by atoms with E-state index in [4.69, 9.17) is 21.3 Å². The Labute approximate surface area is 118 Å². The van der Waals surface area contributed by atoms with E-state index in [1.54, 1.807) is 13.8 Å². The Morgan fingerprint density at radius 1 is 1.21 bits per heavy atom. The molecule has 19 heavy (non-hydrogen) atoms. The van der Waals surface area contributed by atoms with Crippen LogP contribution in [0.2, 0.25) is 0 Å². The molecule has 0 aliphatic carbocycles. The van der Waals surface area contributed by atoms with Crippen LogP contribution in [0, 0.1) is 0 Å². The van der Waals surface area contributed by atoms with E-state index in [1.807, 2.05) is 30.3 Å². The largest absolute Gasteiger partial charge is 0.434 e. The molecule has 0 saturated heterocycles. The van der Waals surface area contributed by atoms with Gasteiger partial charge in [-0.1, -0.05) is 18.2 Å². The smallest absolute Gasteiger partial charge is 0.299 e. The van der Waals surface area contributed by atoms with Crippen LogP contribution in [0.15, 0.2) is 30.3 Å². The first-order chi connectivity index (χ1) is 9.09. The molecule has 0 spiro atoms. The standard InChI is InChI=1S/C11H18N3O3PS/c1-3-16-18(15,17-4-2)14-11(19)13-12-10-8-6-5-7-9-10/h5-9,12H,3-4H2,1-2H3,(H2,13,14,15,19). The molecule has 0 bridgehead atoms. The molecule has 0 amide bonds. The van der Waals surface area contributed by atoms with Crippen LogP contribution >= 0.6 is 20.0 Å². The van der Waals surface area contributed by atoms with Gasteiger partial charge in [0.2, 0.25) is 0 Å². The van der Waals surface area contributed by atoms with Gasteiger partial charge in [0.05, 0.1) is 18.9 Å². The number of hydrazine groups is 1. The van der Waals surface area contributed by atoms with E-state index >= 15 is 0 Å². The van der Waals surface area contributed by atoms with Crippen molar-refractivity contribution < 1.29 is 13.6 Å². The Kier molecular flexibility index (Phi) is 6.80. The molecular weight excluding hydrogens is 285 g/mol. The molecule has 0 heterocycles. The average molecular weight is 303 g/mol. The molecule has 0 aliphatic heterocycles. The number of nitrogens with one attached hydrogen (secondary N) is 3. The first-order valence-corrected chi connectivity index (χ1v) is 7.83. The minimum atomic E-state index is -3.39. The Morgan fingerprint density at radius 3 is 2.32 bits per heavy atom. The maximum atomic E-state index is 12.1. The summed E-state index contributed by atoms with van der Waals surface area (Å²) in [5.41, 5.74) is 6.40. The molecule has 3 N–H and O–H groups in total. The van der Waals surface area contributed by atoms with E-state index < -0.39 is 7.75 Å². The predicted octanol–water partition coefficient (Wildman–Crippen LogP) is 2.66. The summed E-state index contributed by atoms with van der Waals surface area (Å²) in [6.45, 7) is 3.98. The number of hydrogen-bond acceptors (Lipinski definition) is 5. The summed E-state index contributed by atoms with van der Waals surface area (Å²) >= 11 is 5.01. The van der Waals surface area contributed by atoms with Gasteiger partial charge in [-0.15, -0.1) is 0 Å². The third-order valence-corrected chi connectivity index (χ3v) is 3.98. The minimum absolute atomic E-state index is 0.133. The third kappa shape index (κ3) is 6.02. The molecule has 1 aromatic carbocycles. The van der Waals surface area contributed by atoms with E-state index in [0.717, 1.165) is 5.69 Å². The van der Waals surface area contributed by atoms with E-state index in [9.17, 15) is 4.57 Å². The Hall–Kier alpha value is -1.14. The number of anilines is 1. The lowest BCUT2D eigenvalue weighted by Gasteiger charge is -2.19. The van der Waals surface area contributed by atoms with E-state index in [1.165, 1.54) is 0 Å². The maximum absolute atomic E-state index is 12.1.